The number of amides is 1. The van der Waals surface area contributed by atoms with Crippen molar-refractivity contribution in [3.05, 3.63) is 69.7 Å². The summed E-state index contributed by atoms with van der Waals surface area (Å²) < 4.78 is 0.964. The van der Waals surface area contributed by atoms with E-state index in [0.717, 1.165) is 15.6 Å². The molecular formula is C17H16BrN3O. The van der Waals surface area contributed by atoms with Gasteiger partial charge < -0.3 is 11.5 Å². The van der Waals surface area contributed by atoms with Crippen molar-refractivity contribution in [3.63, 3.8) is 0 Å². The van der Waals surface area contributed by atoms with Gasteiger partial charge in [0.1, 0.15) is 5.84 Å². The molecule has 22 heavy (non-hydrogen) atoms. The summed E-state index contributed by atoms with van der Waals surface area (Å²) in [5.74, 6) is -0.255. The minimum Gasteiger partial charge on any atom is -0.384 e. The fourth-order valence-corrected chi connectivity index (χ4v) is 3.33. The number of benzene rings is 2. The van der Waals surface area contributed by atoms with E-state index in [1.807, 2.05) is 42.5 Å². The van der Waals surface area contributed by atoms with Gasteiger partial charge in [0.2, 0.25) is 5.91 Å². The summed E-state index contributed by atoms with van der Waals surface area (Å²) in [6.07, 6.45) is 0.686. The van der Waals surface area contributed by atoms with Crippen molar-refractivity contribution in [3.8, 4) is 0 Å². The summed E-state index contributed by atoms with van der Waals surface area (Å²) in [5, 5.41) is 7.55. The Morgan fingerprint density at radius 3 is 2.45 bits per heavy atom. The number of carbonyl (C=O) groups is 1. The lowest BCUT2D eigenvalue weighted by molar-refractivity contribution is -0.120. The molecule has 1 fully saturated rings. The number of hydrogen-bond donors (Lipinski definition) is 3. The van der Waals surface area contributed by atoms with E-state index in [-0.39, 0.29) is 17.7 Å². The van der Waals surface area contributed by atoms with Gasteiger partial charge in [0.15, 0.2) is 0 Å². The summed E-state index contributed by atoms with van der Waals surface area (Å²) in [5.41, 5.74) is 13.2. The van der Waals surface area contributed by atoms with Crippen molar-refractivity contribution < 1.29 is 4.79 Å². The molecule has 2 aromatic rings. The number of primary amides is 1. The van der Waals surface area contributed by atoms with Crippen LogP contribution in [0.5, 0.6) is 0 Å². The SMILES string of the molecule is N=C(N)c1cccc(C2CC2(C(N)=O)c2ccc(Br)cc2)c1. The second kappa shape index (κ2) is 5.25. The highest BCUT2D eigenvalue weighted by atomic mass is 79.9. The zero-order valence-corrected chi connectivity index (χ0v) is 13.4. The Labute approximate surface area is 137 Å². The lowest BCUT2D eigenvalue weighted by Gasteiger charge is -2.15. The number of nitrogens with two attached hydrogens (primary N) is 2. The quantitative estimate of drug-likeness (QED) is 0.579. The zero-order valence-electron chi connectivity index (χ0n) is 11.8. The van der Waals surface area contributed by atoms with Gasteiger partial charge in [0, 0.05) is 16.0 Å². The first-order valence-electron chi connectivity index (χ1n) is 6.95. The second-order valence-corrected chi connectivity index (χ2v) is 6.55. The molecule has 2 atom stereocenters. The van der Waals surface area contributed by atoms with Crippen molar-refractivity contribution in [1.82, 2.24) is 0 Å². The number of amidine groups is 1. The smallest absolute Gasteiger partial charge is 0.228 e. The van der Waals surface area contributed by atoms with Crippen LogP contribution in [0.2, 0.25) is 0 Å². The third-order valence-electron chi connectivity index (χ3n) is 4.36. The lowest BCUT2D eigenvalue weighted by Crippen LogP contribution is -2.30. The molecule has 0 aromatic heterocycles. The van der Waals surface area contributed by atoms with Gasteiger partial charge in [0.05, 0.1) is 5.41 Å². The Kier molecular flexibility index (Phi) is 3.53. The molecule has 4 nitrogen and oxygen atoms in total. The van der Waals surface area contributed by atoms with E-state index >= 15 is 0 Å². The Balaban J connectivity index is 2.00. The Morgan fingerprint density at radius 1 is 1.18 bits per heavy atom. The first-order chi connectivity index (χ1) is 10.4. The summed E-state index contributed by atoms with van der Waals surface area (Å²) in [7, 11) is 0. The van der Waals surface area contributed by atoms with Gasteiger partial charge in [0.25, 0.3) is 0 Å². The third kappa shape index (κ3) is 2.31. The maximum absolute atomic E-state index is 12.1. The van der Waals surface area contributed by atoms with Crippen LogP contribution >= 0.6 is 15.9 Å². The molecule has 0 bridgehead atoms. The van der Waals surface area contributed by atoms with Gasteiger partial charge in [-0.05, 0) is 35.7 Å². The highest BCUT2D eigenvalue weighted by Gasteiger charge is 2.60. The molecule has 0 saturated heterocycles. The summed E-state index contributed by atoms with van der Waals surface area (Å²) in [6, 6.07) is 15.2. The Morgan fingerprint density at radius 2 is 1.86 bits per heavy atom. The van der Waals surface area contributed by atoms with E-state index in [0.29, 0.717) is 12.0 Å². The van der Waals surface area contributed by atoms with Gasteiger partial charge in [-0.25, -0.2) is 0 Å². The molecule has 2 unspecified atom stereocenters. The molecule has 0 heterocycles. The molecule has 2 aromatic carbocycles. The standard InChI is InChI=1S/C17H16BrN3O/c18-13-6-4-12(5-7-13)17(16(21)22)9-14(17)10-2-1-3-11(8-10)15(19)20/h1-8,14H,9H2,(H3,19,20)(H2,21,22). The molecule has 1 amide bonds. The van der Waals surface area contributed by atoms with Crippen LogP contribution in [0.25, 0.3) is 0 Å². The molecule has 112 valence electrons. The predicted molar refractivity (Wildman–Crippen MR) is 89.8 cm³/mol. The summed E-state index contributed by atoms with van der Waals surface area (Å²) >= 11 is 3.40. The largest absolute Gasteiger partial charge is 0.384 e. The minimum atomic E-state index is -0.657. The highest BCUT2D eigenvalue weighted by molar-refractivity contribution is 9.10. The van der Waals surface area contributed by atoms with Crippen molar-refractivity contribution >= 4 is 27.7 Å². The lowest BCUT2D eigenvalue weighted by atomic mass is 9.89. The Hall–Kier alpha value is -2.14. The Bertz CT molecular complexity index is 757. The van der Waals surface area contributed by atoms with Gasteiger partial charge in [-0.3, -0.25) is 10.2 Å². The number of rotatable bonds is 4. The third-order valence-corrected chi connectivity index (χ3v) is 4.89. The minimum absolute atomic E-state index is 0.0239. The molecule has 5 heteroatoms. The van der Waals surface area contributed by atoms with Crippen LogP contribution in [0.15, 0.2) is 53.0 Å². The van der Waals surface area contributed by atoms with Crippen LogP contribution < -0.4 is 11.5 Å². The molecular weight excluding hydrogens is 342 g/mol. The van der Waals surface area contributed by atoms with E-state index in [1.165, 1.54) is 0 Å². The summed E-state index contributed by atoms with van der Waals surface area (Å²) in [4.78, 5) is 12.1. The molecule has 3 rings (SSSR count). The zero-order chi connectivity index (χ0) is 15.9. The predicted octanol–water partition coefficient (Wildman–Crippen LogP) is 2.64. The van der Waals surface area contributed by atoms with Crippen LogP contribution in [-0.2, 0) is 10.2 Å². The van der Waals surface area contributed by atoms with Crippen LogP contribution in [0, 0.1) is 5.41 Å². The van der Waals surface area contributed by atoms with Crippen molar-refractivity contribution in [2.75, 3.05) is 0 Å². The van der Waals surface area contributed by atoms with E-state index in [9.17, 15) is 4.79 Å². The first-order valence-corrected chi connectivity index (χ1v) is 7.75. The van der Waals surface area contributed by atoms with Gasteiger partial charge >= 0.3 is 0 Å². The highest BCUT2D eigenvalue weighted by Crippen LogP contribution is 2.60. The number of carbonyl (C=O) groups excluding carboxylic acids is 1. The van der Waals surface area contributed by atoms with E-state index in [1.54, 1.807) is 6.07 Å². The number of hydrogen-bond acceptors (Lipinski definition) is 2. The molecule has 5 N–H and O–H groups in total. The number of nitrogens with one attached hydrogen (secondary N) is 1. The maximum Gasteiger partial charge on any atom is 0.228 e. The first kappa shape index (κ1) is 14.8. The van der Waals surface area contributed by atoms with Crippen LogP contribution in [0.1, 0.15) is 29.0 Å². The molecule has 0 radical (unpaired) electrons. The van der Waals surface area contributed by atoms with E-state index in [2.05, 4.69) is 15.9 Å². The van der Waals surface area contributed by atoms with Gasteiger partial charge in [-0.15, -0.1) is 0 Å². The summed E-state index contributed by atoms with van der Waals surface area (Å²) in [6.45, 7) is 0. The number of nitrogen functional groups attached to an aromatic ring is 1. The fourth-order valence-electron chi connectivity index (χ4n) is 3.07. The van der Waals surface area contributed by atoms with E-state index in [4.69, 9.17) is 16.9 Å². The van der Waals surface area contributed by atoms with Gasteiger partial charge in [-0.1, -0.05) is 46.3 Å². The molecule has 0 spiro atoms. The molecule has 1 saturated carbocycles. The van der Waals surface area contributed by atoms with E-state index < -0.39 is 5.41 Å². The van der Waals surface area contributed by atoms with Crippen molar-refractivity contribution in [1.29, 1.82) is 5.41 Å². The normalized spacial score (nSPS) is 23.0. The average molecular weight is 358 g/mol. The number of halogens is 1. The van der Waals surface area contributed by atoms with Crippen LogP contribution in [-0.4, -0.2) is 11.7 Å². The fraction of sp³-hybridized carbons (Fsp3) is 0.176. The van der Waals surface area contributed by atoms with Crippen molar-refractivity contribution in [2.45, 2.75) is 17.8 Å². The molecule has 1 aliphatic rings. The van der Waals surface area contributed by atoms with Crippen LogP contribution in [0.4, 0.5) is 0 Å². The molecule has 1 aliphatic carbocycles. The monoisotopic (exact) mass is 357 g/mol. The molecule has 0 aliphatic heterocycles. The second-order valence-electron chi connectivity index (χ2n) is 5.64. The topological polar surface area (TPSA) is 93.0 Å². The maximum atomic E-state index is 12.1. The average Bonchev–Trinajstić information content (AvgIpc) is 3.25. The van der Waals surface area contributed by atoms with Crippen molar-refractivity contribution in [2.24, 2.45) is 11.5 Å². The van der Waals surface area contributed by atoms with Gasteiger partial charge in [-0.2, -0.15) is 0 Å². The van der Waals surface area contributed by atoms with Crippen LogP contribution in [0.3, 0.4) is 0 Å².